The van der Waals surface area contributed by atoms with E-state index in [0.29, 0.717) is 11.1 Å². The molecule has 1 aromatic carbocycles. The molecule has 104 valence electrons. The fraction of sp³-hybridized carbons (Fsp3) is 0.385. The van der Waals surface area contributed by atoms with Gasteiger partial charge in [0.25, 0.3) is 0 Å². The zero-order valence-electron chi connectivity index (χ0n) is 10.4. The number of ether oxygens (including phenoxy) is 1. The summed E-state index contributed by atoms with van der Waals surface area (Å²) < 4.78 is 4.35. The van der Waals surface area contributed by atoms with Crippen LogP contribution < -0.4 is 0 Å². The number of aliphatic hydroxyl groups excluding tert-OH is 2. The van der Waals surface area contributed by atoms with Gasteiger partial charge >= 0.3 is 11.9 Å². The van der Waals surface area contributed by atoms with Crippen LogP contribution in [0.15, 0.2) is 24.3 Å². The highest BCUT2D eigenvalue weighted by molar-refractivity contribution is 5.75. The van der Waals surface area contributed by atoms with E-state index in [9.17, 15) is 19.8 Å². The van der Waals surface area contributed by atoms with Gasteiger partial charge in [0.15, 0.2) is 6.10 Å². The molecular formula is C13H16O6. The summed E-state index contributed by atoms with van der Waals surface area (Å²) in [6.45, 7) is 0. The largest absolute Gasteiger partial charge is 0.481 e. The van der Waals surface area contributed by atoms with Crippen LogP contribution >= 0.6 is 0 Å². The molecule has 2 atom stereocenters. The second-order valence-electron chi connectivity index (χ2n) is 4.01. The van der Waals surface area contributed by atoms with Crippen molar-refractivity contribution in [3.8, 4) is 0 Å². The molecule has 0 aromatic heterocycles. The Hall–Kier alpha value is -1.92. The summed E-state index contributed by atoms with van der Waals surface area (Å²) in [5.41, 5.74) is 0.891. The summed E-state index contributed by atoms with van der Waals surface area (Å²) >= 11 is 0. The predicted octanol–water partition coefficient (Wildman–Crippen LogP) is 0.271. The minimum atomic E-state index is -1.70. The van der Waals surface area contributed by atoms with Gasteiger partial charge in [0, 0.05) is 6.42 Å². The Morgan fingerprint density at radius 1 is 1.26 bits per heavy atom. The molecule has 6 nitrogen and oxygen atoms in total. The van der Waals surface area contributed by atoms with Gasteiger partial charge in [0.2, 0.25) is 0 Å². The third-order valence-electron chi connectivity index (χ3n) is 2.72. The van der Waals surface area contributed by atoms with Gasteiger partial charge in [-0.3, -0.25) is 4.79 Å². The van der Waals surface area contributed by atoms with Crippen LogP contribution in [-0.4, -0.2) is 40.5 Å². The number of benzene rings is 1. The first kappa shape index (κ1) is 15.1. The number of carbonyl (C=O) groups excluding carboxylic acids is 1. The van der Waals surface area contributed by atoms with Gasteiger partial charge in [-0.1, -0.05) is 24.3 Å². The average molecular weight is 268 g/mol. The zero-order valence-corrected chi connectivity index (χ0v) is 10.4. The predicted molar refractivity (Wildman–Crippen MR) is 65.4 cm³/mol. The van der Waals surface area contributed by atoms with Crippen molar-refractivity contribution in [2.45, 2.75) is 25.0 Å². The smallest absolute Gasteiger partial charge is 0.337 e. The number of hydrogen-bond donors (Lipinski definition) is 3. The SMILES string of the molecule is COC(=O)C(O)C(O)c1ccccc1CCC(=O)O. The second kappa shape index (κ2) is 6.86. The molecule has 1 aromatic rings. The van der Waals surface area contributed by atoms with Crippen molar-refractivity contribution in [2.24, 2.45) is 0 Å². The first-order valence-corrected chi connectivity index (χ1v) is 5.71. The Morgan fingerprint density at radius 2 is 1.89 bits per heavy atom. The molecular weight excluding hydrogens is 252 g/mol. The Morgan fingerprint density at radius 3 is 2.47 bits per heavy atom. The van der Waals surface area contributed by atoms with Gasteiger partial charge in [-0.2, -0.15) is 0 Å². The number of aliphatic carboxylic acids is 1. The van der Waals surface area contributed by atoms with E-state index in [1.54, 1.807) is 18.2 Å². The summed E-state index contributed by atoms with van der Waals surface area (Å²) in [5.74, 6) is -1.90. The molecule has 2 unspecified atom stereocenters. The quantitative estimate of drug-likeness (QED) is 0.640. The lowest BCUT2D eigenvalue weighted by Gasteiger charge is -2.18. The second-order valence-corrected chi connectivity index (χ2v) is 4.01. The molecule has 0 aliphatic rings. The lowest BCUT2D eigenvalue weighted by atomic mass is 9.96. The highest BCUT2D eigenvalue weighted by Crippen LogP contribution is 2.23. The van der Waals surface area contributed by atoms with E-state index in [1.165, 1.54) is 6.07 Å². The molecule has 3 N–H and O–H groups in total. The van der Waals surface area contributed by atoms with Gasteiger partial charge in [-0.05, 0) is 17.5 Å². The monoisotopic (exact) mass is 268 g/mol. The Bertz CT molecular complexity index is 456. The molecule has 1 rings (SSSR count). The normalized spacial score (nSPS) is 13.6. The Kier molecular flexibility index (Phi) is 5.47. The fourth-order valence-electron chi connectivity index (χ4n) is 1.71. The summed E-state index contributed by atoms with van der Waals surface area (Å²) in [4.78, 5) is 21.7. The number of hydrogen-bond acceptors (Lipinski definition) is 5. The van der Waals surface area contributed by atoms with Crippen LogP contribution in [0.3, 0.4) is 0 Å². The van der Waals surface area contributed by atoms with Crippen LogP contribution in [-0.2, 0) is 20.7 Å². The minimum absolute atomic E-state index is 0.0992. The summed E-state index contributed by atoms with van der Waals surface area (Å²) in [6.07, 6.45) is -3.04. The number of esters is 1. The van der Waals surface area contributed by atoms with E-state index in [4.69, 9.17) is 5.11 Å². The molecule has 6 heteroatoms. The number of carboxylic acid groups (broad SMARTS) is 1. The van der Waals surface area contributed by atoms with Crippen molar-refractivity contribution in [3.05, 3.63) is 35.4 Å². The van der Waals surface area contributed by atoms with Crippen LogP contribution in [0.4, 0.5) is 0 Å². The van der Waals surface area contributed by atoms with Gasteiger partial charge < -0.3 is 20.1 Å². The first-order chi connectivity index (χ1) is 8.97. The number of aryl methyl sites for hydroxylation is 1. The topological polar surface area (TPSA) is 104 Å². The van der Waals surface area contributed by atoms with Gasteiger partial charge in [0.1, 0.15) is 6.10 Å². The first-order valence-electron chi connectivity index (χ1n) is 5.71. The van der Waals surface area contributed by atoms with Crippen molar-refractivity contribution in [1.82, 2.24) is 0 Å². The molecule has 0 aliphatic carbocycles. The molecule has 0 radical (unpaired) electrons. The molecule has 0 spiro atoms. The van der Waals surface area contributed by atoms with Gasteiger partial charge in [-0.15, -0.1) is 0 Å². The number of carboxylic acids is 1. The fourth-order valence-corrected chi connectivity index (χ4v) is 1.71. The van der Waals surface area contributed by atoms with E-state index >= 15 is 0 Å². The van der Waals surface area contributed by atoms with Crippen molar-refractivity contribution in [3.63, 3.8) is 0 Å². The highest BCUT2D eigenvalue weighted by atomic mass is 16.5. The molecule has 0 saturated heterocycles. The van der Waals surface area contributed by atoms with Crippen LogP contribution in [0.25, 0.3) is 0 Å². The zero-order chi connectivity index (χ0) is 14.4. The summed E-state index contributed by atoms with van der Waals surface area (Å²) in [7, 11) is 1.11. The Labute approximate surface area is 110 Å². The van der Waals surface area contributed by atoms with Gasteiger partial charge in [-0.25, -0.2) is 4.79 Å². The van der Waals surface area contributed by atoms with Crippen molar-refractivity contribution >= 4 is 11.9 Å². The maximum Gasteiger partial charge on any atom is 0.337 e. The molecule has 0 fully saturated rings. The van der Waals surface area contributed by atoms with E-state index in [-0.39, 0.29) is 12.8 Å². The lowest BCUT2D eigenvalue weighted by molar-refractivity contribution is -0.156. The molecule has 0 heterocycles. The maximum atomic E-state index is 11.2. The van der Waals surface area contributed by atoms with Crippen LogP contribution in [0.5, 0.6) is 0 Å². The number of methoxy groups -OCH3 is 1. The summed E-state index contributed by atoms with van der Waals surface area (Å²) in [5, 5.41) is 28.2. The van der Waals surface area contributed by atoms with Crippen LogP contribution in [0.2, 0.25) is 0 Å². The summed E-state index contributed by atoms with van der Waals surface area (Å²) in [6, 6.07) is 6.50. The van der Waals surface area contributed by atoms with E-state index in [0.717, 1.165) is 7.11 Å². The molecule has 0 bridgehead atoms. The van der Waals surface area contributed by atoms with Crippen LogP contribution in [0.1, 0.15) is 23.7 Å². The Balaban J connectivity index is 2.92. The third-order valence-corrected chi connectivity index (χ3v) is 2.72. The third kappa shape index (κ3) is 4.04. The van der Waals surface area contributed by atoms with E-state index in [1.807, 2.05) is 0 Å². The average Bonchev–Trinajstić information content (AvgIpc) is 2.42. The van der Waals surface area contributed by atoms with Crippen LogP contribution in [0, 0.1) is 0 Å². The number of aliphatic hydroxyl groups is 2. The standard InChI is InChI=1S/C13H16O6/c1-19-13(18)12(17)11(16)9-5-3-2-4-8(9)6-7-10(14)15/h2-5,11-12,16-17H,6-7H2,1H3,(H,14,15). The van der Waals surface area contributed by atoms with Gasteiger partial charge in [0.05, 0.1) is 7.11 Å². The van der Waals surface area contributed by atoms with E-state index < -0.39 is 24.1 Å². The van der Waals surface area contributed by atoms with Crippen molar-refractivity contribution in [2.75, 3.05) is 7.11 Å². The maximum absolute atomic E-state index is 11.2. The number of carbonyl (C=O) groups is 2. The molecule has 19 heavy (non-hydrogen) atoms. The van der Waals surface area contributed by atoms with Crippen molar-refractivity contribution in [1.29, 1.82) is 0 Å². The molecule has 0 aliphatic heterocycles. The van der Waals surface area contributed by atoms with E-state index in [2.05, 4.69) is 4.74 Å². The molecule has 0 amide bonds. The highest BCUT2D eigenvalue weighted by Gasteiger charge is 2.27. The minimum Gasteiger partial charge on any atom is -0.481 e. The molecule has 0 saturated carbocycles. The lowest BCUT2D eigenvalue weighted by Crippen LogP contribution is -2.29. The number of rotatable bonds is 6. The van der Waals surface area contributed by atoms with Crippen molar-refractivity contribution < 1.29 is 29.6 Å².